The molecule has 0 N–H and O–H groups in total. The van der Waals surface area contributed by atoms with Gasteiger partial charge in [-0.2, -0.15) is 0 Å². The molecular formula is C21H24N2O2. The quantitative estimate of drug-likeness (QED) is 0.637. The van der Waals surface area contributed by atoms with Crippen molar-refractivity contribution in [3.8, 4) is 0 Å². The van der Waals surface area contributed by atoms with Gasteiger partial charge in [-0.1, -0.05) is 60.2 Å². The molecule has 0 bridgehead atoms. The third-order valence-electron chi connectivity index (χ3n) is 4.63. The summed E-state index contributed by atoms with van der Waals surface area (Å²) < 4.78 is 0. The maximum Gasteiger partial charge on any atom is 0.295 e. The molecule has 25 heavy (non-hydrogen) atoms. The smallest absolute Gasteiger partial charge is 0.295 e. The van der Waals surface area contributed by atoms with Crippen molar-refractivity contribution >= 4 is 11.7 Å². The average molecular weight is 336 g/mol. The van der Waals surface area contributed by atoms with Crippen molar-refractivity contribution in [1.82, 2.24) is 9.80 Å². The van der Waals surface area contributed by atoms with Crippen molar-refractivity contribution in [3.05, 3.63) is 71.3 Å². The Labute approximate surface area is 149 Å². The van der Waals surface area contributed by atoms with Crippen LogP contribution in [0, 0.1) is 6.92 Å². The fourth-order valence-electron chi connectivity index (χ4n) is 3.15. The predicted molar refractivity (Wildman–Crippen MR) is 98.4 cm³/mol. The number of aryl methyl sites for hydroxylation is 1. The predicted octanol–water partition coefficient (Wildman–Crippen LogP) is 2.91. The zero-order chi connectivity index (χ0) is 17.6. The molecule has 1 saturated heterocycles. The summed E-state index contributed by atoms with van der Waals surface area (Å²) in [7, 11) is 0. The van der Waals surface area contributed by atoms with Gasteiger partial charge in [0, 0.05) is 38.3 Å². The highest BCUT2D eigenvalue weighted by Crippen LogP contribution is 2.11. The zero-order valence-electron chi connectivity index (χ0n) is 14.6. The summed E-state index contributed by atoms with van der Waals surface area (Å²) in [4.78, 5) is 29.0. The van der Waals surface area contributed by atoms with Crippen LogP contribution in [0.4, 0.5) is 0 Å². The lowest BCUT2D eigenvalue weighted by atomic mass is 10.1. The average Bonchev–Trinajstić information content (AvgIpc) is 2.88. The second-order valence-electron chi connectivity index (χ2n) is 6.60. The number of carbonyl (C=O) groups excluding carboxylic acids is 2. The molecule has 2 aromatic carbocycles. The number of amides is 1. The fraction of sp³-hybridized carbons (Fsp3) is 0.333. The SMILES string of the molecule is Cc1ccc(C(=O)C(=O)N2CCCN(Cc3ccccc3)CC2)cc1. The maximum absolute atomic E-state index is 12.6. The maximum atomic E-state index is 12.6. The van der Waals surface area contributed by atoms with Crippen molar-refractivity contribution in [2.75, 3.05) is 26.2 Å². The Bertz CT molecular complexity index is 725. The van der Waals surface area contributed by atoms with E-state index in [2.05, 4.69) is 17.0 Å². The molecular weight excluding hydrogens is 312 g/mol. The molecule has 1 aliphatic rings. The summed E-state index contributed by atoms with van der Waals surface area (Å²) >= 11 is 0. The zero-order valence-corrected chi connectivity index (χ0v) is 14.6. The molecule has 1 aliphatic heterocycles. The van der Waals surface area contributed by atoms with E-state index in [1.807, 2.05) is 37.3 Å². The first-order chi connectivity index (χ1) is 12.1. The Hall–Kier alpha value is -2.46. The molecule has 0 aliphatic carbocycles. The van der Waals surface area contributed by atoms with Gasteiger partial charge >= 0.3 is 0 Å². The van der Waals surface area contributed by atoms with Crippen LogP contribution in [0.2, 0.25) is 0 Å². The monoisotopic (exact) mass is 336 g/mol. The van der Waals surface area contributed by atoms with Gasteiger partial charge in [0.2, 0.25) is 5.78 Å². The molecule has 0 spiro atoms. The van der Waals surface area contributed by atoms with Crippen LogP contribution in [0.15, 0.2) is 54.6 Å². The molecule has 4 heteroatoms. The molecule has 3 rings (SSSR count). The molecule has 1 fully saturated rings. The second-order valence-corrected chi connectivity index (χ2v) is 6.60. The van der Waals surface area contributed by atoms with Crippen LogP contribution in [0.5, 0.6) is 0 Å². The van der Waals surface area contributed by atoms with Crippen LogP contribution in [0.3, 0.4) is 0 Å². The van der Waals surface area contributed by atoms with Gasteiger partial charge < -0.3 is 4.90 Å². The van der Waals surface area contributed by atoms with E-state index in [9.17, 15) is 9.59 Å². The van der Waals surface area contributed by atoms with Crippen molar-refractivity contribution in [2.45, 2.75) is 19.9 Å². The van der Waals surface area contributed by atoms with E-state index in [1.165, 1.54) is 5.56 Å². The largest absolute Gasteiger partial charge is 0.334 e. The van der Waals surface area contributed by atoms with E-state index in [0.29, 0.717) is 18.7 Å². The van der Waals surface area contributed by atoms with E-state index in [4.69, 9.17) is 0 Å². The summed E-state index contributed by atoms with van der Waals surface area (Å²) in [6, 6.07) is 17.5. The number of ketones is 1. The van der Waals surface area contributed by atoms with Crippen LogP contribution < -0.4 is 0 Å². The van der Waals surface area contributed by atoms with Crippen molar-refractivity contribution < 1.29 is 9.59 Å². The van der Waals surface area contributed by atoms with Crippen LogP contribution in [-0.2, 0) is 11.3 Å². The minimum Gasteiger partial charge on any atom is -0.334 e. The number of hydrogen-bond donors (Lipinski definition) is 0. The van der Waals surface area contributed by atoms with E-state index in [0.717, 1.165) is 31.6 Å². The molecule has 0 unspecified atom stereocenters. The van der Waals surface area contributed by atoms with Crippen molar-refractivity contribution in [1.29, 1.82) is 0 Å². The number of Topliss-reactive ketones (excluding diaryl/α,β-unsaturated/α-hetero) is 1. The highest BCUT2D eigenvalue weighted by atomic mass is 16.2. The third kappa shape index (κ3) is 4.54. The molecule has 0 saturated carbocycles. The van der Waals surface area contributed by atoms with Crippen LogP contribution in [0.25, 0.3) is 0 Å². The van der Waals surface area contributed by atoms with Gasteiger partial charge in [-0.3, -0.25) is 14.5 Å². The summed E-state index contributed by atoms with van der Waals surface area (Å²) in [6.07, 6.45) is 0.889. The van der Waals surface area contributed by atoms with Gasteiger partial charge in [0.05, 0.1) is 0 Å². The normalized spacial score (nSPS) is 15.6. The van der Waals surface area contributed by atoms with Gasteiger partial charge in [-0.05, 0) is 18.9 Å². The first-order valence-corrected chi connectivity index (χ1v) is 8.80. The van der Waals surface area contributed by atoms with Gasteiger partial charge in [0.1, 0.15) is 0 Å². The molecule has 2 aromatic rings. The Balaban J connectivity index is 1.59. The second kappa shape index (κ2) is 8.08. The molecule has 1 heterocycles. The van der Waals surface area contributed by atoms with E-state index >= 15 is 0 Å². The minimum atomic E-state index is -0.406. The molecule has 0 atom stereocenters. The van der Waals surface area contributed by atoms with Crippen LogP contribution in [-0.4, -0.2) is 47.7 Å². The lowest BCUT2D eigenvalue weighted by molar-refractivity contribution is -0.126. The van der Waals surface area contributed by atoms with Crippen LogP contribution >= 0.6 is 0 Å². The third-order valence-corrected chi connectivity index (χ3v) is 4.63. The Morgan fingerprint density at radius 2 is 1.60 bits per heavy atom. The van der Waals surface area contributed by atoms with Gasteiger partial charge in [-0.25, -0.2) is 0 Å². The first kappa shape index (κ1) is 17.4. The van der Waals surface area contributed by atoms with Gasteiger partial charge in [0.15, 0.2) is 0 Å². The minimum absolute atomic E-state index is 0.384. The Morgan fingerprint density at radius 3 is 2.32 bits per heavy atom. The first-order valence-electron chi connectivity index (χ1n) is 8.80. The summed E-state index contributed by atoms with van der Waals surface area (Å²) in [5.41, 5.74) is 2.83. The van der Waals surface area contributed by atoms with E-state index < -0.39 is 5.78 Å². The number of carbonyl (C=O) groups is 2. The van der Waals surface area contributed by atoms with Crippen molar-refractivity contribution in [3.63, 3.8) is 0 Å². The molecule has 4 nitrogen and oxygen atoms in total. The van der Waals surface area contributed by atoms with E-state index in [-0.39, 0.29) is 5.91 Å². The summed E-state index contributed by atoms with van der Waals surface area (Å²) in [5.74, 6) is -0.790. The number of benzene rings is 2. The summed E-state index contributed by atoms with van der Waals surface area (Å²) in [6.45, 7) is 5.82. The number of nitrogens with zero attached hydrogens (tertiary/aromatic N) is 2. The summed E-state index contributed by atoms with van der Waals surface area (Å²) in [5, 5.41) is 0. The standard InChI is InChI=1S/C21H24N2O2/c1-17-8-10-19(11-9-17)20(24)21(25)23-13-5-12-22(14-15-23)16-18-6-3-2-4-7-18/h2-4,6-11H,5,12-16H2,1H3. The van der Waals surface area contributed by atoms with E-state index in [1.54, 1.807) is 17.0 Å². The Morgan fingerprint density at radius 1 is 0.880 bits per heavy atom. The molecule has 0 radical (unpaired) electrons. The molecule has 130 valence electrons. The highest BCUT2D eigenvalue weighted by Gasteiger charge is 2.25. The Kier molecular flexibility index (Phi) is 5.61. The number of rotatable bonds is 4. The van der Waals surface area contributed by atoms with Crippen molar-refractivity contribution in [2.24, 2.45) is 0 Å². The molecule has 0 aromatic heterocycles. The highest BCUT2D eigenvalue weighted by molar-refractivity contribution is 6.42. The number of hydrogen-bond acceptors (Lipinski definition) is 3. The van der Waals surface area contributed by atoms with Gasteiger partial charge in [-0.15, -0.1) is 0 Å². The van der Waals surface area contributed by atoms with Crippen LogP contribution in [0.1, 0.15) is 27.9 Å². The lowest BCUT2D eigenvalue weighted by Crippen LogP contribution is -2.39. The molecule has 1 amide bonds. The van der Waals surface area contributed by atoms with Gasteiger partial charge in [0.25, 0.3) is 5.91 Å². The fourth-order valence-corrected chi connectivity index (χ4v) is 3.15. The topological polar surface area (TPSA) is 40.6 Å². The lowest BCUT2D eigenvalue weighted by Gasteiger charge is -2.21.